The number of amides is 1. The Morgan fingerprint density at radius 2 is 1.67 bits per heavy atom. The molecule has 2 aromatic rings. The zero-order valence-corrected chi connectivity index (χ0v) is 18.2. The molecular formula is C22H28FN3O3S. The molecule has 0 N–H and O–H groups in total. The van der Waals surface area contributed by atoms with E-state index in [2.05, 4.69) is 4.90 Å². The first kappa shape index (κ1) is 22.1. The molecule has 0 radical (unpaired) electrons. The first-order valence-electron chi connectivity index (χ1n) is 10.1. The number of hydrogen-bond donors (Lipinski definition) is 0. The van der Waals surface area contributed by atoms with E-state index in [4.69, 9.17) is 0 Å². The first-order chi connectivity index (χ1) is 14.3. The van der Waals surface area contributed by atoms with E-state index >= 15 is 0 Å². The second kappa shape index (κ2) is 9.47. The second-order valence-electron chi connectivity index (χ2n) is 7.57. The highest BCUT2D eigenvalue weighted by Crippen LogP contribution is 2.23. The van der Waals surface area contributed by atoms with Gasteiger partial charge in [-0.05, 0) is 49.2 Å². The number of anilines is 2. The fourth-order valence-corrected chi connectivity index (χ4v) is 4.73. The molecule has 0 bridgehead atoms. The minimum absolute atomic E-state index is 0.0343. The van der Waals surface area contributed by atoms with Crippen LogP contribution in [-0.4, -0.2) is 58.2 Å². The molecule has 6 nitrogen and oxygen atoms in total. The average Bonchev–Trinajstić information content (AvgIpc) is 2.72. The van der Waals surface area contributed by atoms with Crippen LogP contribution in [0.3, 0.4) is 0 Å². The number of para-hydroxylation sites is 1. The van der Waals surface area contributed by atoms with Crippen LogP contribution in [0.2, 0.25) is 0 Å². The molecule has 0 unspecified atom stereocenters. The van der Waals surface area contributed by atoms with Gasteiger partial charge in [-0.3, -0.25) is 9.10 Å². The molecule has 1 fully saturated rings. The summed E-state index contributed by atoms with van der Waals surface area (Å²) in [4.78, 5) is 16.6. The third-order valence-corrected chi connectivity index (χ3v) is 6.54. The van der Waals surface area contributed by atoms with Gasteiger partial charge in [-0.15, -0.1) is 0 Å². The highest BCUT2D eigenvalue weighted by atomic mass is 32.2. The summed E-state index contributed by atoms with van der Waals surface area (Å²) < 4.78 is 39.0. The molecule has 1 amide bonds. The van der Waals surface area contributed by atoms with Crippen molar-refractivity contribution in [2.45, 2.75) is 19.8 Å². The number of aryl methyl sites for hydroxylation is 1. The van der Waals surface area contributed by atoms with Crippen molar-refractivity contribution < 1.29 is 17.6 Å². The molecule has 1 heterocycles. The van der Waals surface area contributed by atoms with Crippen molar-refractivity contribution in [3.8, 4) is 0 Å². The summed E-state index contributed by atoms with van der Waals surface area (Å²) in [6.07, 6.45) is 1.95. The molecule has 0 saturated carbocycles. The molecule has 0 aromatic heterocycles. The summed E-state index contributed by atoms with van der Waals surface area (Å²) in [6.45, 7) is 4.73. The van der Waals surface area contributed by atoms with Gasteiger partial charge in [-0.2, -0.15) is 0 Å². The zero-order chi connectivity index (χ0) is 21.7. The van der Waals surface area contributed by atoms with E-state index in [1.54, 1.807) is 18.2 Å². The van der Waals surface area contributed by atoms with Gasteiger partial charge in [0.05, 0.1) is 11.9 Å². The molecule has 30 heavy (non-hydrogen) atoms. The van der Waals surface area contributed by atoms with E-state index in [-0.39, 0.29) is 18.3 Å². The summed E-state index contributed by atoms with van der Waals surface area (Å²) in [6, 6.07) is 13.7. The highest BCUT2D eigenvalue weighted by Gasteiger charge is 2.23. The predicted octanol–water partition coefficient (Wildman–Crippen LogP) is 3.03. The van der Waals surface area contributed by atoms with Crippen LogP contribution in [0.25, 0.3) is 0 Å². The van der Waals surface area contributed by atoms with Crippen molar-refractivity contribution in [2.24, 2.45) is 0 Å². The molecule has 1 saturated heterocycles. The third kappa shape index (κ3) is 5.50. The van der Waals surface area contributed by atoms with Crippen molar-refractivity contribution >= 4 is 27.3 Å². The number of halogens is 1. The van der Waals surface area contributed by atoms with Crippen LogP contribution in [0.5, 0.6) is 0 Å². The van der Waals surface area contributed by atoms with Gasteiger partial charge in [0, 0.05) is 44.8 Å². The molecule has 0 aliphatic carbocycles. The van der Waals surface area contributed by atoms with E-state index in [1.165, 1.54) is 22.7 Å². The smallest absolute Gasteiger partial charge is 0.232 e. The Labute approximate surface area is 177 Å². The van der Waals surface area contributed by atoms with Crippen molar-refractivity contribution in [1.82, 2.24) is 4.90 Å². The van der Waals surface area contributed by atoms with E-state index in [0.29, 0.717) is 44.7 Å². The van der Waals surface area contributed by atoms with Crippen molar-refractivity contribution in [1.29, 1.82) is 0 Å². The monoisotopic (exact) mass is 433 g/mol. The van der Waals surface area contributed by atoms with E-state index in [1.807, 2.05) is 30.0 Å². The second-order valence-corrected chi connectivity index (χ2v) is 9.48. The Morgan fingerprint density at radius 3 is 2.27 bits per heavy atom. The maximum absolute atomic E-state index is 13.1. The molecule has 1 aliphatic rings. The maximum Gasteiger partial charge on any atom is 0.232 e. The minimum Gasteiger partial charge on any atom is -0.368 e. The Kier molecular flexibility index (Phi) is 6.97. The van der Waals surface area contributed by atoms with Crippen molar-refractivity contribution in [3.63, 3.8) is 0 Å². The molecule has 2 aromatic carbocycles. The SMILES string of the molecule is Cc1ccccc1N(CCCC(=O)N1CCN(c2ccc(F)cc2)CC1)S(C)(=O)=O. The molecule has 0 spiro atoms. The van der Waals surface area contributed by atoms with E-state index in [0.717, 1.165) is 11.3 Å². The molecule has 8 heteroatoms. The van der Waals surface area contributed by atoms with Gasteiger partial charge in [0.1, 0.15) is 5.82 Å². The van der Waals surface area contributed by atoms with Crippen molar-refractivity contribution in [3.05, 3.63) is 59.9 Å². The Balaban J connectivity index is 1.52. The third-order valence-electron chi connectivity index (χ3n) is 5.36. The van der Waals surface area contributed by atoms with Gasteiger partial charge in [0.15, 0.2) is 0 Å². The summed E-state index contributed by atoms with van der Waals surface area (Å²) in [7, 11) is -3.43. The van der Waals surface area contributed by atoms with Gasteiger partial charge < -0.3 is 9.80 Å². The number of carbonyl (C=O) groups excluding carboxylic acids is 1. The lowest BCUT2D eigenvalue weighted by atomic mass is 10.2. The molecular weight excluding hydrogens is 405 g/mol. The lowest BCUT2D eigenvalue weighted by Crippen LogP contribution is -2.48. The lowest BCUT2D eigenvalue weighted by molar-refractivity contribution is -0.131. The lowest BCUT2D eigenvalue weighted by Gasteiger charge is -2.36. The minimum atomic E-state index is -3.43. The first-order valence-corrected chi connectivity index (χ1v) is 11.9. The van der Waals surface area contributed by atoms with Crippen LogP contribution < -0.4 is 9.21 Å². The Bertz CT molecular complexity index is 971. The number of benzene rings is 2. The quantitative estimate of drug-likeness (QED) is 0.674. The summed E-state index contributed by atoms with van der Waals surface area (Å²) >= 11 is 0. The molecule has 1 aliphatic heterocycles. The van der Waals surface area contributed by atoms with Crippen LogP contribution in [0.15, 0.2) is 48.5 Å². The van der Waals surface area contributed by atoms with Crippen LogP contribution >= 0.6 is 0 Å². The van der Waals surface area contributed by atoms with Crippen molar-refractivity contribution in [2.75, 3.05) is 48.2 Å². The summed E-state index contributed by atoms with van der Waals surface area (Å²) in [5, 5.41) is 0. The predicted molar refractivity (Wildman–Crippen MR) is 118 cm³/mol. The number of piperazine rings is 1. The molecule has 162 valence electrons. The summed E-state index contributed by atoms with van der Waals surface area (Å²) in [5.41, 5.74) is 2.48. The van der Waals surface area contributed by atoms with Gasteiger partial charge in [-0.25, -0.2) is 12.8 Å². The van der Waals surface area contributed by atoms with Gasteiger partial charge in [-0.1, -0.05) is 18.2 Å². The zero-order valence-electron chi connectivity index (χ0n) is 17.4. The average molecular weight is 434 g/mol. The van der Waals surface area contributed by atoms with Crippen LogP contribution in [0.4, 0.5) is 15.8 Å². The van der Waals surface area contributed by atoms with Crippen LogP contribution in [-0.2, 0) is 14.8 Å². The Hall–Kier alpha value is -2.61. The van der Waals surface area contributed by atoms with E-state index < -0.39 is 10.0 Å². The maximum atomic E-state index is 13.1. The Morgan fingerprint density at radius 1 is 1.03 bits per heavy atom. The van der Waals surface area contributed by atoms with Crippen LogP contribution in [0.1, 0.15) is 18.4 Å². The van der Waals surface area contributed by atoms with Gasteiger partial charge in [0.25, 0.3) is 0 Å². The normalized spacial score (nSPS) is 14.6. The van der Waals surface area contributed by atoms with Gasteiger partial charge in [0.2, 0.25) is 15.9 Å². The van der Waals surface area contributed by atoms with Crippen LogP contribution in [0, 0.1) is 12.7 Å². The fraction of sp³-hybridized carbons (Fsp3) is 0.409. The highest BCUT2D eigenvalue weighted by molar-refractivity contribution is 7.92. The standard InChI is InChI=1S/C22H28FN3O3S/c1-18-6-3-4-7-21(18)26(30(2,28)29)13-5-8-22(27)25-16-14-24(15-17-25)20-11-9-19(23)10-12-20/h3-4,6-7,9-12H,5,8,13-17H2,1-2H3. The van der Waals surface area contributed by atoms with E-state index in [9.17, 15) is 17.6 Å². The largest absolute Gasteiger partial charge is 0.368 e. The fourth-order valence-electron chi connectivity index (χ4n) is 3.71. The number of rotatable bonds is 7. The topological polar surface area (TPSA) is 60.9 Å². The molecule has 0 atom stereocenters. The number of sulfonamides is 1. The number of hydrogen-bond acceptors (Lipinski definition) is 4. The number of nitrogens with zero attached hydrogens (tertiary/aromatic N) is 3. The number of carbonyl (C=O) groups is 1. The summed E-state index contributed by atoms with van der Waals surface area (Å²) in [5.74, 6) is -0.228. The van der Waals surface area contributed by atoms with Gasteiger partial charge >= 0.3 is 0 Å². The molecule has 3 rings (SSSR count).